The smallest absolute Gasteiger partial charge is 0.258 e. The van der Waals surface area contributed by atoms with E-state index in [1.807, 2.05) is 24.3 Å². The average molecular weight is 383 g/mol. The molecule has 0 saturated heterocycles. The molecule has 4 rings (SSSR count). The van der Waals surface area contributed by atoms with Gasteiger partial charge in [-0.3, -0.25) is 4.72 Å². The molecule has 0 bridgehead atoms. The van der Waals surface area contributed by atoms with E-state index in [4.69, 9.17) is 9.26 Å². The Bertz CT molecular complexity index is 1120. The Balaban J connectivity index is 1.63. The van der Waals surface area contributed by atoms with E-state index >= 15 is 0 Å². The van der Waals surface area contributed by atoms with E-state index < -0.39 is 10.0 Å². The van der Waals surface area contributed by atoms with Gasteiger partial charge in [0.1, 0.15) is 5.75 Å². The number of aryl methyl sites for hydroxylation is 1. The number of para-hydroxylation sites is 1. The number of benzene rings is 2. The van der Waals surface area contributed by atoms with Gasteiger partial charge in [-0.2, -0.15) is 4.98 Å². The van der Waals surface area contributed by atoms with E-state index in [2.05, 4.69) is 14.9 Å². The first-order valence-electron chi connectivity index (χ1n) is 8.37. The SMILES string of the molecule is Cc1noc(-c2cccc(NS(=O)(=O)C3=Cc4ccccc4OCC3)c2)n1. The van der Waals surface area contributed by atoms with Crippen LogP contribution in [-0.2, 0) is 10.0 Å². The van der Waals surface area contributed by atoms with Gasteiger partial charge in [-0.05, 0) is 37.3 Å². The number of ether oxygens (including phenoxy) is 1. The van der Waals surface area contributed by atoms with Crippen LogP contribution >= 0.6 is 0 Å². The number of aromatic nitrogens is 2. The lowest BCUT2D eigenvalue weighted by atomic mass is 10.2. The van der Waals surface area contributed by atoms with Crippen LogP contribution in [0, 0.1) is 6.92 Å². The minimum atomic E-state index is -3.73. The van der Waals surface area contributed by atoms with Gasteiger partial charge in [0.05, 0.1) is 11.5 Å². The maximum Gasteiger partial charge on any atom is 0.258 e. The number of sulfonamides is 1. The topological polar surface area (TPSA) is 94.3 Å². The van der Waals surface area contributed by atoms with Gasteiger partial charge >= 0.3 is 0 Å². The highest BCUT2D eigenvalue weighted by Gasteiger charge is 2.21. The van der Waals surface area contributed by atoms with Crippen LogP contribution in [0.4, 0.5) is 5.69 Å². The van der Waals surface area contributed by atoms with Crippen LogP contribution < -0.4 is 9.46 Å². The Morgan fingerprint density at radius 1 is 1.11 bits per heavy atom. The van der Waals surface area contributed by atoms with Crippen molar-refractivity contribution in [2.24, 2.45) is 0 Å². The third-order valence-electron chi connectivity index (χ3n) is 4.08. The number of nitrogens with zero attached hydrogens (tertiary/aromatic N) is 2. The highest BCUT2D eigenvalue weighted by molar-refractivity contribution is 7.96. The molecule has 0 fully saturated rings. The molecule has 2 aromatic carbocycles. The van der Waals surface area contributed by atoms with Crippen molar-refractivity contribution in [1.82, 2.24) is 10.1 Å². The molecule has 0 saturated carbocycles. The molecule has 0 aliphatic carbocycles. The van der Waals surface area contributed by atoms with Gasteiger partial charge in [-0.1, -0.05) is 29.4 Å². The molecule has 1 aliphatic heterocycles. The summed E-state index contributed by atoms with van der Waals surface area (Å²) >= 11 is 0. The van der Waals surface area contributed by atoms with Crippen molar-refractivity contribution in [3.05, 3.63) is 64.8 Å². The Labute approximate surface area is 156 Å². The second-order valence-corrected chi connectivity index (χ2v) is 7.82. The maximum atomic E-state index is 12.9. The Hall–Kier alpha value is -3.13. The molecule has 1 aliphatic rings. The third-order valence-corrected chi connectivity index (χ3v) is 5.59. The zero-order chi connectivity index (χ0) is 18.9. The normalized spacial score (nSPS) is 13.9. The van der Waals surface area contributed by atoms with E-state index in [1.54, 1.807) is 37.3 Å². The fraction of sp³-hybridized carbons (Fsp3) is 0.158. The minimum Gasteiger partial charge on any atom is -0.493 e. The first-order valence-corrected chi connectivity index (χ1v) is 9.85. The summed E-state index contributed by atoms with van der Waals surface area (Å²) < 4.78 is 39.2. The second-order valence-electron chi connectivity index (χ2n) is 6.08. The molecule has 8 heteroatoms. The van der Waals surface area contributed by atoms with Crippen LogP contribution in [0.5, 0.6) is 5.75 Å². The van der Waals surface area contributed by atoms with Crippen LogP contribution in [-0.4, -0.2) is 25.2 Å². The molecule has 1 N–H and O–H groups in total. The summed E-state index contributed by atoms with van der Waals surface area (Å²) in [5, 5.41) is 3.75. The van der Waals surface area contributed by atoms with Crippen molar-refractivity contribution in [2.75, 3.05) is 11.3 Å². The highest BCUT2D eigenvalue weighted by atomic mass is 32.2. The van der Waals surface area contributed by atoms with E-state index in [0.717, 1.165) is 5.56 Å². The number of hydrogen-bond donors (Lipinski definition) is 1. The molecule has 0 radical (unpaired) electrons. The lowest BCUT2D eigenvalue weighted by Gasteiger charge is -2.10. The molecule has 2 heterocycles. The number of rotatable bonds is 4. The van der Waals surface area contributed by atoms with Gasteiger partial charge in [0.15, 0.2) is 5.82 Å². The zero-order valence-corrected chi connectivity index (χ0v) is 15.4. The fourth-order valence-electron chi connectivity index (χ4n) is 2.80. The first-order chi connectivity index (χ1) is 13.0. The number of nitrogens with one attached hydrogen (secondary N) is 1. The number of hydrogen-bond acceptors (Lipinski definition) is 6. The summed E-state index contributed by atoms with van der Waals surface area (Å²) in [5.74, 6) is 1.53. The van der Waals surface area contributed by atoms with Gasteiger partial charge in [-0.15, -0.1) is 0 Å². The Morgan fingerprint density at radius 3 is 2.78 bits per heavy atom. The zero-order valence-electron chi connectivity index (χ0n) is 14.5. The fourth-order valence-corrected chi connectivity index (χ4v) is 4.00. The molecule has 0 atom stereocenters. The Morgan fingerprint density at radius 2 is 1.96 bits per heavy atom. The molecular formula is C19H17N3O4S. The molecule has 138 valence electrons. The summed E-state index contributed by atoms with van der Waals surface area (Å²) in [7, 11) is -3.73. The van der Waals surface area contributed by atoms with E-state index in [-0.39, 0.29) is 11.3 Å². The van der Waals surface area contributed by atoms with Crippen molar-refractivity contribution in [2.45, 2.75) is 13.3 Å². The van der Waals surface area contributed by atoms with Crippen molar-refractivity contribution >= 4 is 21.8 Å². The largest absolute Gasteiger partial charge is 0.493 e. The quantitative estimate of drug-likeness (QED) is 0.740. The standard InChI is InChI=1S/C19H17N3O4S/c1-13-20-19(26-21-13)15-6-4-7-16(11-15)22-27(23,24)17-9-10-25-18-8-3-2-5-14(18)12-17/h2-8,11-12,22H,9-10H2,1H3. The molecule has 27 heavy (non-hydrogen) atoms. The second kappa shape index (κ2) is 6.88. The van der Waals surface area contributed by atoms with Gasteiger partial charge in [-0.25, -0.2) is 8.42 Å². The summed E-state index contributed by atoms with van der Waals surface area (Å²) in [4.78, 5) is 4.43. The van der Waals surface area contributed by atoms with E-state index in [9.17, 15) is 8.42 Å². The van der Waals surface area contributed by atoms with Gasteiger partial charge in [0.2, 0.25) is 0 Å². The number of anilines is 1. The summed E-state index contributed by atoms with van der Waals surface area (Å²) in [5.41, 5.74) is 1.80. The Kier molecular flexibility index (Phi) is 4.41. The summed E-state index contributed by atoms with van der Waals surface area (Å²) in [6.45, 7) is 2.02. The highest BCUT2D eigenvalue weighted by Crippen LogP contribution is 2.29. The lowest BCUT2D eigenvalue weighted by molar-refractivity contribution is 0.325. The lowest BCUT2D eigenvalue weighted by Crippen LogP contribution is -2.16. The van der Waals surface area contributed by atoms with Gasteiger partial charge in [0, 0.05) is 23.2 Å². The molecular weight excluding hydrogens is 366 g/mol. The van der Waals surface area contributed by atoms with Crippen molar-refractivity contribution in [3.8, 4) is 17.2 Å². The first kappa shape index (κ1) is 17.3. The van der Waals surface area contributed by atoms with E-state index in [0.29, 0.717) is 35.3 Å². The number of fused-ring (bicyclic) bond motifs is 1. The molecule has 0 amide bonds. The van der Waals surface area contributed by atoms with Crippen LogP contribution in [0.2, 0.25) is 0 Å². The molecule has 0 spiro atoms. The van der Waals surface area contributed by atoms with Crippen molar-refractivity contribution in [3.63, 3.8) is 0 Å². The predicted octanol–water partition coefficient (Wildman–Crippen LogP) is 3.61. The summed E-state index contributed by atoms with van der Waals surface area (Å²) in [6, 6.07) is 14.2. The average Bonchev–Trinajstić information content (AvgIpc) is 2.96. The monoisotopic (exact) mass is 383 g/mol. The molecule has 0 unspecified atom stereocenters. The van der Waals surface area contributed by atoms with Crippen molar-refractivity contribution < 1.29 is 17.7 Å². The maximum absolute atomic E-state index is 12.9. The van der Waals surface area contributed by atoms with Crippen LogP contribution in [0.1, 0.15) is 17.8 Å². The van der Waals surface area contributed by atoms with Crippen molar-refractivity contribution in [1.29, 1.82) is 0 Å². The van der Waals surface area contributed by atoms with Gasteiger partial charge in [0.25, 0.3) is 15.9 Å². The van der Waals surface area contributed by atoms with E-state index in [1.165, 1.54) is 0 Å². The molecule has 1 aromatic heterocycles. The van der Waals surface area contributed by atoms with Crippen LogP contribution in [0.3, 0.4) is 0 Å². The van der Waals surface area contributed by atoms with Crippen LogP contribution in [0.25, 0.3) is 17.5 Å². The molecule has 3 aromatic rings. The third kappa shape index (κ3) is 3.70. The van der Waals surface area contributed by atoms with Gasteiger partial charge < -0.3 is 9.26 Å². The predicted molar refractivity (Wildman–Crippen MR) is 102 cm³/mol. The summed E-state index contributed by atoms with van der Waals surface area (Å²) in [6.07, 6.45) is 1.93. The van der Waals surface area contributed by atoms with Crippen LogP contribution in [0.15, 0.2) is 58.0 Å². The minimum absolute atomic E-state index is 0.270. The molecule has 7 nitrogen and oxygen atoms in total.